The second kappa shape index (κ2) is 7.51. The molecule has 0 saturated heterocycles. The molecule has 0 spiro atoms. The lowest BCUT2D eigenvalue weighted by atomic mass is 9.98. The molecule has 0 aromatic heterocycles. The van der Waals surface area contributed by atoms with Crippen LogP contribution in [0.4, 0.5) is 11.4 Å². The van der Waals surface area contributed by atoms with Crippen molar-refractivity contribution in [2.45, 2.75) is 13.8 Å². The van der Waals surface area contributed by atoms with Gasteiger partial charge in [0.15, 0.2) is 0 Å². The van der Waals surface area contributed by atoms with Crippen LogP contribution >= 0.6 is 0 Å². The van der Waals surface area contributed by atoms with Crippen LogP contribution in [0, 0.1) is 13.8 Å². The smallest absolute Gasteiger partial charge is 0.0444 e. The van der Waals surface area contributed by atoms with Crippen LogP contribution in [0.15, 0.2) is 97.1 Å². The average molecular weight is 349 g/mol. The molecule has 0 aliphatic carbocycles. The van der Waals surface area contributed by atoms with Crippen LogP contribution in [0.3, 0.4) is 0 Å². The Kier molecular flexibility index (Phi) is 4.76. The zero-order chi connectivity index (χ0) is 18.6. The highest BCUT2D eigenvalue weighted by atomic mass is 14.9. The van der Waals surface area contributed by atoms with Crippen LogP contribution in [0.1, 0.15) is 11.1 Å². The molecule has 0 radical (unpaired) electrons. The number of aryl methyl sites for hydroxylation is 2. The first-order valence-corrected chi connectivity index (χ1v) is 9.30. The molecule has 0 aliphatic heterocycles. The largest absolute Gasteiger partial charge is 0.355 e. The molecule has 4 aromatic rings. The van der Waals surface area contributed by atoms with Crippen molar-refractivity contribution in [3.63, 3.8) is 0 Å². The van der Waals surface area contributed by atoms with Gasteiger partial charge in [-0.15, -0.1) is 0 Å². The van der Waals surface area contributed by atoms with Gasteiger partial charge < -0.3 is 5.32 Å². The molecule has 27 heavy (non-hydrogen) atoms. The number of rotatable bonds is 4. The van der Waals surface area contributed by atoms with Crippen molar-refractivity contribution in [1.29, 1.82) is 0 Å². The summed E-state index contributed by atoms with van der Waals surface area (Å²) in [4.78, 5) is 0. The van der Waals surface area contributed by atoms with Gasteiger partial charge in [0, 0.05) is 11.4 Å². The van der Waals surface area contributed by atoms with Gasteiger partial charge in [-0.2, -0.15) is 0 Å². The predicted molar refractivity (Wildman–Crippen MR) is 117 cm³/mol. The first-order chi connectivity index (χ1) is 13.2. The Bertz CT molecular complexity index is 1010. The summed E-state index contributed by atoms with van der Waals surface area (Å²) < 4.78 is 0. The second-order valence-corrected chi connectivity index (χ2v) is 6.92. The van der Waals surface area contributed by atoms with E-state index in [9.17, 15) is 0 Å². The number of benzene rings is 4. The van der Waals surface area contributed by atoms with E-state index in [4.69, 9.17) is 0 Å². The predicted octanol–water partition coefficient (Wildman–Crippen LogP) is 7.38. The molecule has 1 N–H and O–H groups in total. The summed E-state index contributed by atoms with van der Waals surface area (Å²) in [6.07, 6.45) is 0. The maximum Gasteiger partial charge on any atom is 0.0444 e. The third-order valence-corrected chi connectivity index (χ3v) is 4.90. The van der Waals surface area contributed by atoms with Gasteiger partial charge in [-0.25, -0.2) is 0 Å². The molecule has 1 nitrogen and oxygen atoms in total. The topological polar surface area (TPSA) is 12.0 Å². The fraction of sp³-hybridized carbons (Fsp3) is 0.0769. The van der Waals surface area contributed by atoms with Crippen molar-refractivity contribution in [3.8, 4) is 22.3 Å². The van der Waals surface area contributed by atoms with E-state index in [-0.39, 0.29) is 0 Å². The number of hydrogen-bond donors (Lipinski definition) is 1. The lowest BCUT2D eigenvalue weighted by Crippen LogP contribution is -1.97. The van der Waals surface area contributed by atoms with Gasteiger partial charge in [0.05, 0.1) is 0 Å². The molecule has 0 atom stereocenters. The van der Waals surface area contributed by atoms with Gasteiger partial charge in [-0.05, 0) is 71.5 Å². The van der Waals surface area contributed by atoms with E-state index in [1.165, 1.54) is 39.1 Å². The number of nitrogens with one attached hydrogen (secondary N) is 1. The Morgan fingerprint density at radius 2 is 0.926 bits per heavy atom. The van der Waals surface area contributed by atoms with Crippen LogP contribution in [0.2, 0.25) is 0 Å². The SMILES string of the molecule is Cc1cc(-c2ccccc2)cc(C)c1Nc1ccc(-c2ccccc2)cc1. The van der Waals surface area contributed by atoms with E-state index in [0.29, 0.717) is 0 Å². The van der Waals surface area contributed by atoms with Crippen LogP contribution in [-0.2, 0) is 0 Å². The summed E-state index contributed by atoms with van der Waals surface area (Å²) in [6, 6.07) is 34.1. The van der Waals surface area contributed by atoms with Crippen LogP contribution in [-0.4, -0.2) is 0 Å². The quantitative estimate of drug-likeness (QED) is 0.405. The van der Waals surface area contributed by atoms with E-state index in [2.05, 4.69) is 110 Å². The minimum Gasteiger partial charge on any atom is -0.355 e. The zero-order valence-electron chi connectivity index (χ0n) is 15.7. The zero-order valence-corrected chi connectivity index (χ0v) is 15.7. The summed E-state index contributed by atoms with van der Waals surface area (Å²) in [5, 5.41) is 3.60. The fourth-order valence-corrected chi connectivity index (χ4v) is 3.48. The lowest BCUT2D eigenvalue weighted by molar-refractivity contribution is 1.36. The van der Waals surface area contributed by atoms with Crippen LogP contribution in [0.5, 0.6) is 0 Å². The van der Waals surface area contributed by atoms with Crippen molar-refractivity contribution < 1.29 is 0 Å². The molecule has 4 rings (SSSR count). The molecule has 0 heterocycles. The van der Waals surface area contributed by atoms with Crippen molar-refractivity contribution in [2.24, 2.45) is 0 Å². The molecule has 0 saturated carbocycles. The van der Waals surface area contributed by atoms with E-state index in [0.717, 1.165) is 5.69 Å². The first-order valence-electron chi connectivity index (χ1n) is 9.30. The third kappa shape index (κ3) is 3.78. The normalized spacial score (nSPS) is 10.6. The Hall–Kier alpha value is -3.32. The molecule has 1 heteroatoms. The van der Waals surface area contributed by atoms with E-state index in [1.54, 1.807) is 0 Å². The molecular weight excluding hydrogens is 326 g/mol. The van der Waals surface area contributed by atoms with Gasteiger partial charge in [0.2, 0.25) is 0 Å². The molecular formula is C26H23N. The van der Waals surface area contributed by atoms with Gasteiger partial charge >= 0.3 is 0 Å². The minimum atomic E-state index is 1.10. The van der Waals surface area contributed by atoms with Crippen LogP contribution < -0.4 is 5.32 Å². The van der Waals surface area contributed by atoms with Gasteiger partial charge in [0.25, 0.3) is 0 Å². The van der Waals surface area contributed by atoms with Crippen molar-refractivity contribution >= 4 is 11.4 Å². The van der Waals surface area contributed by atoms with E-state index in [1.807, 2.05) is 6.07 Å². The van der Waals surface area contributed by atoms with Gasteiger partial charge in [-0.3, -0.25) is 0 Å². The molecule has 0 unspecified atom stereocenters. The van der Waals surface area contributed by atoms with Crippen LogP contribution in [0.25, 0.3) is 22.3 Å². The van der Waals surface area contributed by atoms with Crippen molar-refractivity contribution in [3.05, 3.63) is 108 Å². The fourth-order valence-electron chi connectivity index (χ4n) is 3.48. The first kappa shape index (κ1) is 17.1. The molecule has 0 aliphatic rings. The second-order valence-electron chi connectivity index (χ2n) is 6.92. The van der Waals surface area contributed by atoms with E-state index < -0.39 is 0 Å². The average Bonchev–Trinajstić information content (AvgIpc) is 2.72. The number of hydrogen-bond acceptors (Lipinski definition) is 1. The maximum atomic E-state index is 3.60. The summed E-state index contributed by atoms with van der Waals surface area (Å²) in [5.41, 5.74) is 9.77. The Balaban J connectivity index is 1.59. The highest BCUT2D eigenvalue weighted by molar-refractivity contribution is 5.75. The number of anilines is 2. The Morgan fingerprint density at radius 1 is 0.481 bits per heavy atom. The van der Waals surface area contributed by atoms with Gasteiger partial charge in [0.1, 0.15) is 0 Å². The third-order valence-electron chi connectivity index (χ3n) is 4.90. The standard InChI is InChI=1S/C26H23N/c1-19-17-24(22-11-7-4-8-12-22)18-20(2)26(19)27-25-15-13-23(14-16-25)21-9-5-3-6-10-21/h3-18,27H,1-2H3. The summed E-state index contributed by atoms with van der Waals surface area (Å²) in [7, 11) is 0. The minimum absolute atomic E-state index is 1.10. The molecule has 132 valence electrons. The molecule has 0 bridgehead atoms. The van der Waals surface area contributed by atoms with E-state index >= 15 is 0 Å². The molecule has 0 amide bonds. The maximum absolute atomic E-state index is 3.60. The highest BCUT2D eigenvalue weighted by Crippen LogP contribution is 2.31. The summed E-state index contributed by atoms with van der Waals surface area (Å²) in [6.45, 7) is 4.33. The molecule has 0 fully saturated rings. The Labute approximate surface area is 161 Å². The monoisotopic (exact) mass is 349 g/mol. The van der Waals surface area contributed by atoms with Crippen molar-refractivity contribution in [2.75, 3.05) is 5.32 Å². The summed E-state index contributed by atoms with van der Waals surface area (Å²) in [5.74, 6) is 0. The Morgan fingerprint density at radius 3 is 1.44 bits per heavy atom. The summed E-state index contributed by atoms with van der Waals surface area (Å²) >= 11 is 0. The highest BCUT2D eigenvalue weighted by Gasteiger charge is 2.07. The van der Waals surface area contributed by atoms with Crippen molar-refractivity contribution in [1.82, 2.24) is 0 Å². The lowest BCUT2D eigenvalue weighted by Gasteiger charge is -2.15. The van der Waals surface area contributed by atoms with Gasteiger partial charge in [-0.1, -0.05) is 72.8 Å². The molecule has 4 aromatic carbocycles.